The molecule has 5 heteroatoms. The van der Waals surface area contributed by atoms with Gasteiger partial charge in [0, 0.05) is 17.4 Å². The first-order valence-electron chi connectivity index (χ1n) is 12.0. The summed E-state index contributed by atoms with van der Waals surface area (Å²) in [6.07, 6.45) is 9.40. The third-order valence-electron chi connectivity index (χ3n) is 9.56. The summed E-state index contributed by atoms with van der Waals surface area (Å²) in [6, 6.07) is 0. The number of ether oxygens (including phenoxy) is 1. The molecule has 0 heterocycles. The van der Waals surface area contributed by atoms with E-state index in [1.54, 1.807) is 6.92 Å². The largest absolute Gasteiger partial charge is 0.434 e. The number of ketones is 2. The molecule has 0 aromatic heterocycles. The highest BCUT2D eigenvalue weighted by atomic mass is 16.6. The number of hydrogen-bond acceptors (Lipinski definition) is 4. The Kier molecular flexibility index (Phi) is 5.46. The van der Waals surface area contributed by atoms with Crippen molar-refractivity contribution in [2.75, 3.05) is 6.54 Å². The lowest BCUT2D eigenvalue weighted by molar-refractivity contribution is -0.159. The summed E-state index contributed by atoms with van der Waals surface area (Å²) in [5.74, 6) is 1.38. The quantitative estimate of drug-likeness (QED) is 0.673. The van der Waals surface area contributed by atoms with Crippen molar-refractivity contribution in [1.82, 2.24) is 5.32 Å². The molecule has 0 spiro atoms. The lowest BCUT2D eigenvalue weighted by Gasteiger charge is -2.59. The van der Waals surface area contributed by atoms with Gasteiger partial charge in [0.15, 0.2) is 17.2 Å². The highest BCUT2D eigenvalue weighted by Crippen LogP contribution is 2.68. The van der Waals surface area contributed by atoms with Gasteiger partial charge in [0.25, 0.3) is 0 Å². The predicted octanol–water partition coefficient (Wildman–Crippen LogP) is 5.15. The Morgan fingerprint density at radius 3 is 2.52 bits per heavy atom. The molecule has 0 radical (unpaired) electrons. The smallest absolute Gasteiger partial charge is 0.408 e. The minimum absolute atomic E-state index is 0.0236. The number of allylic oxidation sites excluding steroid dienone is 4. The molecule has 4 aliphatic rings. The second-order valence-electron chi connectivity index (χ2n) is 10.7. The first-order valence-corrected chi connectivity index (χ1v) is 12.0. The zero-order chi connectivity index (χ0) is 22.6. The topological polar surface area (TPSA) is 72.5 Å². The maximum atomic E-state index is 13.0. The van der Waals surface area contributed by atoms with Crippen molar-refractivity contribution >= 4 is 17.7 Å². The molecule has 6 atom stereocenters. The molecule has 1 amide bonds. The van der Waals surface area contributed by atoms with Crippen molar-refractivity contribution in [3.05, 3.63) is 23.3 Å². The highest BCUT2D eigenvalue weighted by Gasteiger charge is 2.68. The number of amides is 1. The third kappa shape index (κ3) is 3.06. The summed E-state index contributed by atoms with van der Waals surface area (Å²) < 4.78 is 6.01. The molecular weight excluding hydrogens is 390 g/mol. The van der Waals surface area contributed by atoms with E-state index in [4.69, 9.17) is 4.74 Å². The first-order chi connectivity index (χ1) is 14.6. The molecule has 1 N–H and O–H groups in total. The van der Waals surface area contributed by atoms with Crippen LogP contribution in [0.3, 0.4) is 0 Å². The molecule has 5 nitrogen and oxygen atoms in total. The normalized spacial score (nSPS) is 41.3. The Balaban J connectivity index is 1.66. The minimum atomic E-state index is -1.04. The van der Waals surface area contributed by atoms with Gasteiger partial charge in [-0.05, 0) is 88.7 Å². The van der Waals surface area contributed by atoms with Gasteiger partial charge in [0.05, 0.1) is 0 Å². The van der Waals surface area contributed by atoms with Crippen LogP contribution >= 0.6 is 0 Å². The number of nitrogens with one attached hydrogen (secondary N) is 1. The van der Waals surface area contributed by atoms with Crippen LogP contribution in [0.1, 0.15) is 79.6 Å². The van der Waals surface area contributed by atoms with Crippen molar-refractivity contribution in [2.24, 2.45) is 28.6 Å². The fourth-order valence-corrected chi connectivity index (χ4v) is 7.81. The lowest BCUT2D eigenvalue weighted by Crippen LogP contribution is -2.59. The number of carbonyl (C=O) groups is 3. The number of rotatable bonds is 4. The zero-order valence-corrected chi connectivity index (χ0v) is 19.7. The van der Waals surface area contributed by atoms with Crippen molar-refractivity contribution in [1.29, 1.82) is 0 Å². The van der Waals surface area contributed by atoms with Gasteiger partial charge in [-0.2, -0.15) is 0 Å². The van der Waals surface area contributed by atoms with E-state index < -0.39 is 11.7 Å². The van der Waals surface area contributed by atoms with Crippen LogP contribution in [0.5, 0.6) is 0 Å². The Bertz CT molecular complexity index is 873. The molecule has 31 heavy (non-hydrogen) atoms. The van der Waals surface area contributed by atoms with Crippen molar-refractivity contribution < 1.29 is 19.1 Å². The molecule has 3 fully saturated rings. The van der Waals surface area contributed by atoms with Gasteiger partial charge in [-0.15, -0.1) is 0 Å². The minimum Gasteiger partial charge on any atom is -0.434 e. The standard InChI is InChI=1S/C26H37NO4/c1-6-13-27-23(30)31-26(17(3)28)12-10-21-20-8-7-18-15-19(29)14-16(2)25(18,5)22(20)9-11-24(21,26)4/h14-15,20-22H,6-13H2,1-5H3,(H,27,30)/t20-,21-,22-,24-,25-,26-/m0/s1. The lowest BCUT2D eigenvalue weighted by atomic mass is 9.46. The van der Waals surface area contributed by atoms with Crippen LogP contribution in [0.15, 0.2) is 23.3 Å². The molecule has 0 bridgehead atoms. The van der Waals surface area contributed by atoms with Crippen LogP contribution in [0.25, 0.3) is 0 Å². The average molecular weight is 428 g/mol. The van der Waals surface area contributed by atoms with Crippen molar-refractivity contribution in [2.45, 2.75) is 85.2 Å². The number of carbonyl (C=O) groups excluding carboxylic acids is 3. The van der Waals surface area contributed by atoms with Crippen LogP contribution in [-0.4, -0.2) is 29.8 Å². The monoisotopic (exact) mass is 427 g/mol. The molecule has 4 aliphatic carbocycles. The maximum Gasteiger partial charge on any atom is 0.408 e. The highest BCUT2D eigenvalue weighted by molar-refractivity contribution is 6.02. The van der Waals surface area contributed by atoms with E-state index in [0.29, 0.717) is 30.7 Å². The van der Waals surface area contributed by atoms with E-state index in [1.165, 1.54) is 11.1 Å². The number of Topliss-reactive ketones (excluding diaryl/α,β-unsaturated/α-hetero) is 1. The molecule has 0 aliphatic heterocycles. The predicted molar refractivity (Wildman–Crippen MR) is 119 cm³/mol. The molecule has 0 unspecified atom stereocenters. The van der Waals surface area contributed by atoms with Crippen LogP contribution in [0.2, 0.25) is 0 Å². The molecule has 0 aromatic carbocycles. The zero-order valence-electron chi connectivity index (χ0n) is 19.7. The summed E-state index contributed by atoms with van der Waals surface area (Å²) in [5, 5.41) is 2.80. The summed E-state index contributed by atoms with van der Waals surface area (Å²) in [7, 11) is 0. The van der Waals surface area contributed by atoms with Crippen LogP contribution in [0.4, 0.5) is 4.79 Å². The fraction of sp³-hybridized carbons (Fsp3) is 0.731. The molecule has 3 saturated carbocycles. The maximum absolute atomic E-state index is 13.0. The van der Waals surface area contributed by atoms with Gasteiger partial charge in [0.2, 0.25) is 0 Å². The third-order valence-corrected chi connectivity index (χ3v) is 9.56. The van der Waals surface area contributed by atoms with Crippen LogP contribution in [0, 0.1) is 28.6 Å². The van der Waals surface area contributed by atoms with Gasteiger partial charge in [-0.25, -0.2) is 4.79 Å². The number of alkyl carbamates (subject to hydrolysis) is 1. The van der Waals surface area contributed by atoms with E-state index in [9.17, 15) is 14.4 Å². The Morgan fingerprint density at radius 2 is 1.84 bits per heavy atom. The van der Waals surface area contributed by atoms with Crippen molar-refractivity contribution in [3.63, 3.8) is 0 Å². The van der Waals surface area contributed by atoms with Gasteiger partial charge < -0.3 is 10.1 Å². The van der Waals surface area contributed by atoms with Gasteiger partial charge >= 0.3 is 6.09 Å². The molecule has 0 saturated heterocycles. The summed E-state index contributed by atoms with van der Waals surface area (Å²) >= 11 is 0. The fourth-order valence-electron chi connectivity index (χ4n) is 7.81. The van der Waals surface area contributed by atoms with E-state index in [0.717, 1.165) is 38.5 Å². The molecule has 4 rings (SSSR count). The SMILES string of the molecule is CCCNC(=O)O[C@]1(C(C)=O)CC[C@H]2[C@@H]3CCC4=CC(=O)C=C(C)[C@]4(C)[C@H]3CC[C@@]21C. The summed E-state index contributed by atoms with van der Waals surface area (Å²) in [4.78, 5) is 37.7. The number of hydrogen-bond donors (Lipinski definition) is 1. The van der Waals surface area contributed by atoms with Crippen molar-refractivity contribution in [3.8, 4) is 0 Å². The Hall–Kier alpha value is -1.91. The van der Waals surface area contributed by atoms with E-state index in [1.807, 2.05) is 19.1 Å². The second kappa shape index (κ2) is 7.60. The van der Waals surface area contributed by atoms with Gasteiger partial charge in [-0.1, -0.05) is 31.9 Å². The Labute approximate surface area is 186 Å². The van der Waals surface area contributed by atoms with Gasteiger partial charge in [0.1, 0.15) is 0 Å². The first kappa shape index (κ1) is 22.3. The number of fused-ring (bicyclic) bond motifs is 5. The van der Waals surface area contributed by atoms with E-state index >= 15 is 0 Å². The van der Waals surface area contributed by atoms with E-state index in [2.05, 4.69) is 26.1 Å². The Morgan fingerprint density at radius 1 is 1.13 bits per heavy atom. The van der Waals surface area contributed by atoms with Crippen LogP contribution in [-0.2, 0) is 14.3 Å². The molecule has 0 aromatic rings. The summed E-state index contributed by atoms with van der Waals surface area (Å²) in [5.41, 5.74) is 1.01. The average Bonchev–Trinajstić information content (AvgIpc) is 3.01. The molecular formula is C26H37NO4. The van der Waals surface area contributed by atoms with E-state index in [-0.39, 0.29) is 22.4 Å². The van der Waals surface area contributed by atoms with Gasteiger partial charge in [-0.3, -0.25) is 9.59 Å². The summed E-state index contributed by atoms with van der Waals surface area (Å²) in [6.45, 7) is 10.8. The van der Waals surface area contributed by atoms with Crippen LogP contribution < -0.4 is 5.32 Å². The second-order valence-corrected chi connectivity index (χ2v) is 10.7. The molecule has 170 valence electrons.